The van der Waals surface area contributed by atoms with E-state index in [1.807, 2.05) is 57.2 Å². The first-order valence-corrected chi connectivity index (χ1v) is 9.57. The van der Waals surface area contributed by atoms with Gasteiger partial charge in [-0.25, -0.2) is 4.79 Å². The maximum Gasteiger partial charge on any atom is 0.404 e. The van der Waals surface area contributed by atoms with Crippen molar-refractivity contribution in [3.05, 3.63) is 53.8 Å². The lowest BCUT2D eigenvalue weighted by molar-refractivity contribution is 0.132. The van der Waals surface area contributed by atoms with Crippen molar-refractivity contribution in [1.82, 2.24) is 15.2 Å². The van der Waals surface area contributed by atoms with Gasteiger partial charge in [-0.05, 0) is 35.2 Å². The summed E-state index contributed by atoms with van der Waals surface area (Å²) in [7, 11) is 0. The van der Waals surface area contributed by atoms with Crippen molar-refractivity contribution >= 4 is 23.5 Å². The number of anilines is 1. The molecule has 1 amide bonds. The zero-order valence-electron chi connectivity index (χ0n) is 16.6. The van der Waals surface area contributed by atoms with Gasteiger partial charge < -0.3 is 15.8 Å². The van der Waals surface area contributed by atoms with Gasteiger partial charge in [0.05, 0.1) is 17.3 Å². The minimum atomic E-state index is -0.806. The Morgan fingerprint density at radius 2 is 1.83 bits per heavy atom. The molecule has 29 heavy (non-hydrogen) atoms. The second-order valence-electron chi connectivity index (χ2n) is 7.76. The fourth-order valence-electron chi connectivity index (χ4n) is 2.91. The minimum Gasteiger partial charge on any atom is -0.448 e. The summed E-state index contributed by atoms with van der Waals surface area (Å²) in [5, 5.41) is 11.7. The standard InChI is InChI=1S/C21H24ClN5O2/c1-21(2,3)16(12-29-20(23)28)25-19-17(13-8-10-24-11-9-13)18(26-27-19)14-4-6-15(22)7-5-14/h4-11,16H,12H2,1-3H3,(H2,23,28)(H2,25,26,27). The summed E-state index contributed by atoms with van der Waals surface area (Å²) < 4.78 is 5.07. The number of amides is 1. The molecule has 4 N–H and O–H groups in total. The van der Waals surface area contributed by atoms with Crippen LogP contribution in [0.4, 0.5) is 10.6 Å². The van der Waals surface area contributed by atoms with Gasteiger partial charge in [-0.3, -0.25) is 10.1 Å². The van der Waals surface area contributed by atoms with E-state index >= 15 is 0 Å². The fourth-order valence-corrected chi connectivity index (χ4v) is 3.04. The van der Waals surface area contributed by atoms with Crippen LogP contribution in [0.1, 0.15) is 20.8 Å². The Balaban J connectivity index is 2.04. The van der Waals surface area contributed by atoms with Crippen LogP contribution in [0.15, 0.2) is 48.8 Å². The molecule has 152 valence electrons. The number of aromatic nitrogens is 3. The van der Waals surface area contributed by atoms with Crippen molar-refractivity contribution in [3.63, 3.8) is 0 Å². The molecule has 0 saturated carbocycles. The molecular formula is C21H24ClN5O2. The number of pyridine rings is 1. The van der Waals surface area contributed by atoms with Crippen LogP contribution in [0, 0.1) is 5.41 Å². The van der Waals surface area contributed by atoms with E-state index in [0.29, 0.717) is 10.8 Å². The van der Waals surface area contributed by atoms with Gasteiger partial charge in [0.2, 0.25) is 0 Å². The first kappa shape index (κ1) is 20.7. The molecule has 1 unspecified atom stereocenters. The fraction of sp³-hybridized carbons (Fsp3) is 0.286. The van der Waals surface area contributed by atoms with Gasteiger partial charge in [0.1, 0.15) is 6.61 Å². The Kier molecular flexibility index (Phi) is 6.08. The lowest BCUT2D eigenvalue weighted by atomic mass is 9.87. The largest absolute Gasteiger partial charge is 0.448 e. The lowest BCUT2D eigenvalue weighted by Gasteiger charge is -2.31. The van der Waals surface area contributed by atoms with Crippen molar-refractivity contribution in [3.8, 4) is 22.4 Å². The molecular weight excluding hydrogens is 390 g/mol. The summed E-state index contributed by atoms with van der Waals surface area (Å²) in [6, 6.07) is 11.2. The molecule has 0 aliphatic rings. The molecule has 0 saturated heterocycles. The third-order valence-corrected chi connectivity index (χ3v) is 4.87. The predicted molar refractivity (Wildman–Crippen MR) is 115 cm³/mol. The summed E-state index contributed by atoms with van der Waals surface area (Å²) >= 11 is 6.04. The second-order valence-corrected chi connectivity index (χ2v) is 8.19. The number of rotatable bonds is 6. The molecule has 0 aliphatic heterocycles. The molecule has 1 atom stereocenters. The third kappa shape index (κ3) is 5.06. The highest BCUT2D eigenvalue weighted by molar-refractivity contribution is 6.30. The number of aromatic amines is 1. The van der Waals surface area contributed by atoms with Crippen LogP contribution >= 0.6 is 11.6 Å². The highest BCUT2D eigenvalue weighted by Crippen LogP contribution is 2.37. The van der Waals surface area contributed by atoms with Crippen molar-refractivity contribution in [2.75, 3.05) is 11.9 Å². The molecule has 0 bridgehead atoms. The van der Waals surface area contributed by atoms with E-state index in [0.717, 1.165) is 22.4 Å². The normalized spacial score (nSPS) is 12.4. The average molecular weight is 414 g/mol. The van der Waals surface area contributed by atoms with Crippen molar-refractivity contribution in [1.29, 1.82) is 0 Å². The quantitative estimate of drug-likeness (QED) is 0.542. The van der Waals surface area contributed by atoms with Crippen LogP contribution in [0.5, 0.6) is 0 Å². The van der Waals surface area contributed by atoms with Gasteiger partial charge in [-0.1, -0.05) is 44.5 Å². The molecule has 0 aliphatic carbocycles. The lowest BCUT2D eigenvalue weighted by Crippen LogP contribution is -2.39. The van der Waals surface area contributed by atoms with Gasteiger partial charge >= 0.3 is 6.09 Å². The first-order chi connectivity index (χ1) is 13.8. The number of nitrogens with two attached hydrogens (primary N) is 1. The number of H-pyrrole nitrogens is 1. The monoisotopic (exact) mass is 413 g/mol. The van der Waals surface area contributed by atoms with Gasteiger partial charge in [-0.15, -0.1) is 0 Å². The predicted octanol–water partition coefficient (Wildman–Crippen LogP) is 4.71. The van der Waals surface area contributed by atoms with Crippen LogP contribution in [0.2, 0.25) is 5.02 Å². The van der Waals surface area contributed by atoms with E-state index in [1.165, 1.54) is 0 Å². The topological polar surface area (TPSA) is 106 Å². The number of nitrogens with one attached hydrogen (secondary N) is 2. The smallest absolute Gasteiger partial charge is 0.404 e. The molecule has 7 nitrogen and oxygen atoms in total. The molecule has 0 radical (unpaired) electrons. The Morgan fingerprint density at radius 1 is 1.17 bits per heavy atom. The van der Waals surface area contributed by atoms with Crippen LogP contribution < -0.4 is 11.1 Å². The van der Waals surface area contributed by atoms with Gasteiger partial charge in [-0.2, -0.15) is 5.10 Å². The molecule has 1 aromatic carbocycles. The number of halogens is 1. The number of ether oxygens (including phenoxy) is 1. The van der Waals surface area contributed by atoms with Crippen LogP contribution in [0.25, 0.3) is 22.4 Å². The number of primary amides is 1. The first-order valence-electron chi connectivity index (χ1n) is 9.19. The Morgan fingerprint density at radius 3 is 2.41 bits per heavy atom. The molecule has 2 aromatic heterocycles. The van der Waals surface area contributed by atoms with E-state index in [1.54, 1.807) is 12.4 Å². The van der Waals surface area contributed by atoms with E-state index in [4.69, 9.17) is 22.1 Å². The van der Waals surface area contributed by atoms with E-state index in [-0.39, 0.29) is 18.1 Å². The molecule has 0 fully saturated rings. The maximum atomic E-state index is 11.1. The summed E-state index contributed by atoms with van der Waals surface area (Å²) in [5.41, 5.74) is 8.58. The van der Waals surface area contributed by atoms with Crippen LogP contribution in [0.3, 0.4) is 0 Å². The average Bonchev–Trinajstić information content (AvgIpc) is 3.09. The Labute approximate surface area is 174 Å². The highest BCUT2D eigenvalue weighted by atomic mass is 35.5. The summed E-state index contributed by atoms with van der Waals surface area (Å²) in [5.74, 6) is 0.647. The highest BCUT2D eigenvalue weighted by Gasteiger charge is 2.28. The van der Waals surface area contributed by atoms with Gasteiger partial charge in [0, 0.05) is 23.0 Å². The molecule has 8 heteroatoms. The van der Waals surface area contributed by atoms with Gasteiger partial charge in [0.25, 0.3) is 0 Å². The van der Waals surface area contributed by atoms with E-state index < -0.39 is 6.09 Å². The second kappa shape index (κ2) is 8.53. The molecule has 0 spiro atoms. The SMILES string of the molecule is CC(C)(C)C(COC(N)=O)Nc1n[nH]c(-c2ccc(Cl)cc2)c1-c1ccncc1. The summed E-state index contributed by atoms with van der Waals surface area (Å²) in [6.07, 6.45) is 2.66. The molecule has 2 heterocycles. The number of carbonyl (C=O) groups excluding carboxylic acids is 1. The van der Waals surface area contributed by atoms with Gasteiger partial charge in [0.15, 0.2) is 5.82 Å². The number of hydrogen-bond donors (Lipinski definition) is 3. The number of hydrogen-bond acceptors (Lipinski definition) is 5. The Hall–Kier alpha value is -3.06. The Bertz CT molecular complexity index is 965. The van der Waals surface area contributed by atoms with Crippen molar-refractivity contribution < 1.29 is 9.53 Å². The van der Waals surface area contributed by atoms with Crippen molar-refractivity contribution in [2.24, 2.45) is 11.1 Å². The van der Waals surface area contributed by atoms with Crippen molar-refractivity contribution in [2.45, 2.75) is 26.8 Å². The minimum absolute atomic E-state index is 0.123. The maximum absolute atomic E-state index is 11.1. The van der Waals surface area contributed by atoms with E-state index in [2.05, 4.69) is 20.5 Å². The number of benzene rings is 1. The number of carbonyl (C=O) groups is 1. The molecule has 3 aromatic rings. The van der Waals surface area contributed by atoms with Crippen LogP contribution in [-0.2, 0) is 4.74 Å². The van der Waals surface area contributed by atoms with Crippen LogP contribution in [-0.4, -0.2) is 33.9 Å². The van der Waals surface area contributed by atoms with E-state index in [9.17, 15) is 4.79 Å². The summed E-state index contributed by atoms with van der Waals surface area (Å²) in [4.78, 5) is 15.2. The molecule has 3 rings (SSSR count). The zero-order chi connectivity index (χ0) is 21.0. The summed E-state index contributed by atoms with van der Waals surface area (Å²) in [6.45, 7) is 6.27. The number of nitrogens with zero attached hydrogens (tertiary/aromatic N) is 2. The third-order valence-electron chi connectivity index (χ3n) is 4.62. The zero-order valence-corrected chi connectivity index (χ0v) is 17.3.